The molecule has 6 heteroatoms. The Kier molecular flexibility index (Phi) is 4.38. The number of nitrogens with zero attached hydrogens (tertiary/aromatic N) is 1. The van der Waals surface area contributed by atoms with Gasteiger partial charge >= 0.3 is 0 Å². The molecule has 1 atom stereocenters. The Balaban J connectivity index is 1.85. The second-order valence-electron chi connectivity index (χ2n) is 6.18. The smallest absolute Gasteiger partial charge is 0.262 e. The van der Waals surface area contributed by atoms with E-state index in [1.165, 1.54) is 7.11 Å². The number of hydrogen-bond acceptors (Lipinski definition) is 4. The number of phenolic OH excluding ortho intramolecular Hbond substituents is 1. The summed E-state index contributed by atoms with van der Waals surface area (Å²) < 4.78 is 5.12. The third kappa shape index (κ3) is 3.06. The van der Waals surface area contributed by atoms with Crippen LogP contribution in [0.1, 0.15) is 22.1 Å². The van der Waals surface area contributed by atoms with Gasteiger partial charge in [-0.2, -0.15) is 0 Å². The zero-order chi connectivity index (χ0) is 19.0. The Hall–Kier alpha value is -3.18. The van der Waals surface area contributed by atoms with Crippen molar-refractivity contribution in [1.29, 1.82) is 0 Å². The average molecular weight is 381 g/mol. The number of rotatable bonds is 3. The van der Waals surface area contributed by atoms with Gasteiger partial charge in [0.2, 0.25) is 0 Å². The minimum absolute atomic E-state index is 0.0131. The number of aromatic hydroxyl groups is 1. The molecule has 1 amide bonds. The van der Waals surface area contributed by atoms with Gasteiger partial charge in [-0.05, 0) is 54.1 Å². The second kappa shape index (κ2) is 6.85. The van der Waals surface area contributed by atoms with Crippen molar-refractivity contribution in [3.63, 3.8) is 0 Å². The summed E-state index contributed by atoms with van der Waals surface area (Å²) in [7, 11) is 1.49. The van der Waals surface area contributed by atoms with Crippen LogP contribution in [0.4, 0.5) is 11.4 Å². The van der Waals surface area contributed by atoms with Gasteiger partial charge in [0.05, 0.1) is 12.7 Å². The molecular weight excluding hydrogens is 364 g/mol. The molecule has 1 aliphatic rings. The number of methoxy groups -OCH3 is 1. The van der Waals surface area contributed by atoms with E-state index in [1.54, 1.807) is 47.4 Å². The van der Waals surface area contributed by atoms with E-state index in [0.717, 1.165) is 11.3 Å². The van der Waals surface area contributed by atoms with E-state index in [4.69, 9.17) is 16.3 Å². The van der Waals surface area contributed by atoms with Crippen molar-refractivity contribution in [3.05, 3.63) is 82.9 Å². The number of carbonyl (C=O) groups excluding carboxylic acids is 1. The number of phenols is 1. The van der Waals surface area contributed by atoms with Crippen LogP contribution < -0.4 is 15.0 Å². The van der Waals surface area contributed by atoms with E-state index in [9.17, 15) is 9.90 Å². The van der Waals surface area contributed by atoms with Crippen LogP contribution in [0.25, 0.3) is 0 Å². The molecule has 3 aromatic rings. The first-order valence-electron chi connectivity index (χ1n) is 8.40. The molecule has 0 bridgehead atoms. The van der Waals surface area contributed by atoms with Crippen molar-refractivity contribution in [2.45, 2.75) is 6.17 Å². The number of fused-ring (bicyclic) bond motifs is 1. The van der Waals surface area contributed by atoms with Crippen LogP contribution in [-0.4, -0.2) is 18.1 Å². The molecule has 1 aliphatic heterocycles. The van der Waals surface area contributed by atoms with Gasteiger partial charge in [0.1, 0.15) is 6.17 Å². The molecule has 0 unspecified atom stereocenters. The van der Waals surface area contributed by atoms with Crippen molar-refractivity contribution < 1.29 is 14.6 Å². The lowest BCUT2D eigenvalue weighted by molar-refractivity contribution is 0.0975. The van der Waals surface area contributed by atoms with Gasteiger partial charge in [0.15, 0.2) is 11.5 Å². The third-order valence-electron chi connectivity index (χ3n) is 4.55. The van der Waals surface area contributed by atoms with E-state index in [1.807, 2.05) is 24.3 Å². The fourth-order valence-electron chi connectivity index (χ4n) is 3.23. The molecule has 0 aromatic heterocycles. The van der Waals surface area contributed by atoms with Gasteiger partial charge in [0, 0.05) is 16.4 Å². The summed E-state index contributed by atoms with van der Waals surface area (Å²) in [4.78, 5) is 14.9. The van der Waals surface area contributed by atoms with Crippen LogP contribution in [0, 0.1) is 0 Å². The lowest BCUT2D eigenvalue weighted by Crippen LogP contribution is -2.43. The Labute approximate surface area is 161 Å². The minimum atomic E-state index is -0.495. The quantitative estimate of drug-likeness (QED) is 0.683. The van der Waals surface area contributed by atoms with E-state index in [0.29, 0.717) is 22.0 Å². The van der Waals surface area contributed by atoms with Gasteiger partial charge in [-0.15, -0.1) is 0 Å². The van der Waals surface area contributed by atoms with Gasteiger partial charge in [-0.1, -0.05) is 29.8 Å². The summed E-state index contributed by atoms with van der Waals surface area (Å²) in [6.45, 7) is 0. The summed E-state index contributed by atoms with van der Waals surface area (Å²) in [5.41, 5.74) is 2.76. The fourth-order valence-corrected chi connectivity index (χ4v) is 3.36. The number of carbonyl (C=O) groups is 1. The van der Waals surface area contributed by atoms with Crippen LogP contribution >= 0.6 is 11.6 Å². The van der Waals surface area contributed by atoms with Crippen LogP contribution in [0.5, 0.6) is 11.5 Å². The number of anilines is 2. The van der Waals surface area contributed by atoms with E-state index in [-0.39, 0.29) is 11.7 Å². The number of benzene rings is 3. The largest absolute Gasteiger partial charge is 0.504 e. The Morgan fingerprint density at radius 2 is 1.81 bits per heavy atom. The normalized spacial score (nSPS) is 15.9. The SMILES string of the molecule is COc1ccc([C@@H]2Nc3ccccc3C(=O)N2c2ccc(Cl)cc2)cc1O. The Bertz CT molecular complexity index is 1000. The van der Waals surface area contributed by atoms with E-state index in [2.05, 4.69) is 5.32 Å². The van der Waals surface area contributed by atoms with Crippen LogP contribution in [0.3, 0.4) is 0 Å². The molecule has 1 heterocycles. The maximum atomic E-state index is 13.3. The predicted molar refractivity (Wildman–Crippen MR) is 106 cm³/mol. The molecule has 5 nitrogen and oxygen atoms in total. The number of ether oxygens (including phenoxy) is 1. The Morgan fingerprint density at radius 3 is 2.52 bits per heavy atom. The minimum Gasteiger partial charge on any atom is -0.504 e. The van der Waals surface area contributed by atoms with Crippen LogP contribution in [0.15, 0.2) is 66.7 Å². The molecular formula is C21H17ClN2O3. The number of halogens is 1. The monoisotopic (exact) mass is 380 g/mol. The van der Waals surface area contributed by atoms with Crippen LogP contribution in [-0.2, 0) is 0 Å². The van der Waals surface area contributed by atoms with E-state index >= 15 is 0 Å². The third-order valence-corrected chi connectivity index (χ3v) is 4.80. The molecule has 0 fully saturated rings. The van der Waals surface area contributed by atoms with Gasteiger partial charge < -0.3 is 15.2 Å². The molecule has 0 radical (unpaired) electrons. The summed E-state index contributed by atoms with van der Waals surface area (Å²) >= 11 is 6.01. The lowest BCUT2D eigenvalue weighted by Gasteiger charge is -2.38. The highest BCUT2D eigenvalue weighted by Gasteiger charge is 2.34. The zero-order valence-electron chi connectivity index (χ0n) is 14.5. The molecule has 136 valence electrons. The average Bonchev–Trinajstić information content (AvgIpc) is 2.69. The molecule has 0 spiro atoms. The summed E-state index contributed by atoms with van der Waals surface area (Å²) in [6, 6.07) is 19.5. The number of amides is 1. The molecule has 3 aromatic carbocycles. The molecule has 0 saturated heterocycles. The standard InChI is InChI=1S/C21H17ClN2O3/c1-27-19-11-6-13(12-18(19)25)20-23-17-5-3-2-4-16(17)21(26)24(20)15-9-7-14(22)8-10-15/h2-12,20,23,25H,1H3/t20-/m1/s1. The van der Waals surface area contributed by atoms with Gasteiger partial charge in [-0.25, -0.2) is 0 Å². The molecule has 0 aliphatic carbocycles. The van der Waals surface area contributed by atoms with Crippen molar-refractivity contribution in [2.75, 3.05) is 17.3 Å². The lowest BCUT2D eigenvalue weighted by atomic mass is 10.0. The first kappa shape index (κ1) is 17.2. The predicted octanol–water partition coefficient (Wildman–Crippen LogP) is 4.83. The summed E-state index contributed by atoms with van der Waals surface area (Å²) in [5, 5.41) is 14.2. The maximum absolute atomic E-state index is 13.3. The second-order valence-corrected chi connectivity index (χ2v) is 6.61. The summed E-state index contributed by atoms with van der Waals surface area (Å²) in [6.07, 6.45) is -0.495. The van der Waals surface area contributed by atoms with Crippen molar-refractivity contribution in [2.24, 2.45) is 0 Å². The number of para-hydroxylation sites is 1. The first-order valence-corrected chi connectivity index (χ1v) is 8.78. The number of hydrogen-bond donors (Lipinski definition) is 2. The molecule has 0 saturated carbocycles. The van der Waals surface area contributed by atoms with Crippen molar-refractivity contribution in [1.82, 2.24) is 0 Å². The zero-order valence-corrected chi connectivity index (χ0v) is 15.3. The topological polar surface area (TPSA) is 61.8 Å². The maximum Gasteiger partial charge on any atom is 0.262 e. The highest BCUT2D eigenvalue weighted by molar-refractivity contribution is 6.30. The first-order chi connectivity index (χ1) is 13.1. The van der Waals surface area contributed by atoms with Gasteiger partial charge in [0.25, 0.3) is 5.91 Å². The van der Waals surface area contributed by atoms with E-state index < -0.39 is 6.17 Å². The highest BCUT2D eigenvalue weighted by Crippen LogP contribution is 2.39. The number of nitrogens with one attached hydrogen (secondary N) is 1. The highest BCUT2D eigenvalue weighted by atomic mass is 35.5. The Morgan fingerprint density at radius 1 is 1.07 bits per heavy atom. The van der Waals surface area contributed by atoms with Gasteiger partial charge in [-0.3, -0.25) is 9.69 Å². The summed E-state index contributed by atoms with van der Waals surface area (Å²) in [5.74, 6) is 0.255. The van der Waals surface area contributed by atoms with Crippen molar-refractivity contribution in [3.8, 4) is 11.5 Å². The molecule has 4 rings (SSSR count). The van der Waals surface area contributed by atoms with Crippen molar-refractivity contribution >= 4 is 28.9 Å². The molecule has 27 heavy (non-hydrogen) atoms. The fraction of sp³-hybridized carbons (Fsp3) is 0.0952. The molecule has 2 N–H and O–H groups in total. The van der Waals surface area contributed by atoms with Crippen LogP contribution in [0.2, 0.25) is 5.02 Å².